The lowest BCUT2D eigenvalue weighted by Crippen LogP contribution is -2.29. The zero-order valence-electron chi connectivity index (χ0n) is 12.7. The first-order valence-electron chi connectivity index (χ1n) is 7.60. The molecule has 0 saturated heterocycles. The van der Waals surface area contributed by atoms with Crippen molar-refractivity contribution >= 4 is 27.7 Å². The third-order valence-corrected chi connectivity index (χ3v) is 3.84. The van der Waals surface area contributed by atoms with Crippen LogP contribution < -0.4 is 10.7 Å². The number of hydrogen-bond donors (Lipinski definition) is 2. The van der Waals surface area contributed by atoms with Crippen LogP contribution in [-0.4, -0.2) is 28.7 Å². The molecule has 3 rings (SSSR count). The fourth-order valence-corrected chi connectivity index (χ4v) is 2.75. The maximum Gasteiger partial charge on any atom is 0.239 e. The number of fused-ring (bicyclic) bond motifs is 2. The molecular weight excluding hydrogens is 292 g/mol. The first-order valence-corrected chi connectivity index (χ1v) is 7.60. The van der Waals surface area contributed by atoms with Crippen LogP contribution >= 0.6 is 0 Å². The van der Waals surface area contributed by atoms with Crippen molar-refractivity contribution in [3.63, 3.8) is 0 Å². The summed E-state index contributed by atoms with van der Waals surface area (Å²) in [7, 11) is 0. The first kappa shape index (κ1) is 15.2. The van der Waals surface area contributed by atoms with Crippen LogP contribution in [0.3, 0.4) is 0 Å². The number of aliphatic hydroxyl groups is 1. The van der Waals surface area contributed by atoms with E-state index in [4.69, 9.17) is 5.11 Å². The molecule has 0 radical (unpaired) electrons. The molecule has 1 aromatic heterocycles. The molecule has 2 N–H and O–H groups in total. The molecule has 0 aliphatic rings. The van der Waals surface area contributed by atoms with Crippen LogP contribution in [0.2, 0.25) is 0 Å². The van der Waals surface area contributed by atoms with Crippen LogP contribution in [0.1, 0.15) is 6.42 Å². The van der Waals surface area contributed by atoms with Gasteiger partial charge in [0.1, 0.15) is 6.54 Å². The van der Waals surface area contributed by atoms with Gasteiger partial charge in [0, 0.05) is 23.9 Å². The van der Waals surface area contributed by atoms with Gasteiger partial charge < -0.3 is 15.0 Å². The molecule has 23 heavy (non-hydrogen) atoms. The molecule has 0 spiro atoms. The predicted octanol–water partition coefficient (Wildman–Crippen LogP) is 1.65. The standard InChI is InChI=1S/C18H18N2O3/c21-11-5-10-19-17(22)12-20-15-8-3-1-6-13(15)18(23)14-7-2-4-9-16(14)20/h1-4,6-9,21H,5,10-12H2,(H,19,22). The molecule has 0 unspecified atom stereocenters. The lowest BCUT2D eigenvalue weighted by Gasteiger charge is -2.15. The summed E-state index contributed by atoms with van der Waals surface area (Å²) in [4.78, 5) is 24.8. The Hall–Kier alpha value is -2.66. The van der Waals surface area contributed by atoms with Crippen molar-refractivity contribution in [3.05, 3.63) is 58.8 Å². The van der Waals surface area contributed by atoms with Gasteiger partial charge in [0.05, 0.1) is 11.0 Å². The minimum absolute atomic E-state index is 0.0202. The number of hydrogen-bond acceptors (Lipinski definition) is 3. The molecule has 0 atom stereocenters. The molecule has 118 valence electrons. The number of amides is 1. The normalized spacial score (nSPS) is 11.0. The van der Waals surface area contributed by atoms with E-state index in [1.54, 1.807) is 12.1 Å². The van der Waals surface area contributed by atoms with Gasteiger partial charge in [-0.1, -0.05) is 24.3 Å². The molecule has 0 fully saturated rings. The highest BCUT2D eigenvalue weighted by Crippen LogP contribution is 2.18. The Morgan fingerprint density at radius 2 is 1.57 bits per heavy atom. The number of aliphatic hydroxyl groups excluding tert-OH is 1. The highest BCUT2D eigenvalue weighted by molar-refractivity contribution is 5.94. The lowest BCUT2D eigenvalue weighted by atomic mass is 10.1. The van der Waals surface area contributed by atoms with E-state index in [0.717, 1.165) is 11.0 Å². The third-order valence-electron chi connectivity index (χ3n) is 3.84. The minimum Gasteiger partial charge on any atom is -0.396 e. The Morgan fingerprint density at radius 3 is 2.13 bits per heavy atom. The molecule has 5 heteroatoms. The van der Waals surface area contributed by atoms with Crippen molar-refractivity contribution in [2.45, 2.75) is 13.0 Å². The van der Waals surface area contributed by atoms with Crippen LogP contribution in [0.4, 0.5) is 0 Å². The largest absolute Gasteiger partial charge is 0.396 e. The predicted molar refractivity (Wildman–Crippen MR) is 90.4 cm³/mol. The zero-order chi connectivity index (χ0) is 16.2. The second-order valence-corrected chi connectivity index (χ2v) is 5.38. The minimum atomic E-state index is -0.141. The Morgan fingerprint density at radius 1 is 1.00 bits per heavy atom. The van der Waals surface area contributed by atoms with E-state index in [0.29, 0.717) is 23.7 Å². The van der Waals surface area contributed by atoms with Crippen molar-refractivity contribution in [2.75, 3.05) is 13.2 Å². The van der Waals surface area contributed by atoms with Gasteiger partial charge in [0.2, 0.25) is 5.91 Å². The number of rotatable bonds is 5. The Kier molecular flexibility index (Phi) is 4.39. The van der Waals surface area contributed by atoms with E-state index in [2.05, 4.69) is 5.32 Å². The number of nitrogens with one attached hydrogen (secondary N) is 1. The maximum atomic E-state index is 12.6. The molecule has 3 aromatic rings. The smallest absolute Gasteiger partial charge is 0.239 e. The summed E-state index contributed by atoms with van der Waals surface area (Å²) < 4.78 is 1.86. The number of aromatic nitrogens is 1. The summed E-state index contributed by atoms with van der Waals surface area (Å²) in [5.74, 6) is -0.141. The Bertz CT molecular complexity index is 855. The molecule has 0 aliphatic carbocycles. The van der Waals surface area contributed by atoms with Gasteiger partial charge >= 0.3 is 0 Å². The number of pyridine rings is 1. The topological polar surface area (TPSA) is 71.3 Å². The molecule has 1 heterocycles. The van der Waals surface area contributed by atoms with Gasteiger partial charge in [-0.05, 0) is 30.7 Å². The molecule has 0 bridgehead atoms. The number of carbonyl (C=O) groups is 1. The van der Waals surface area contributed by atoms with Crippen LogP contribution in [-0.2, 0) is 11.3 Å². The molecule has 0 saturated carbocycles. The van der Waals surface area contributed by atoms with Gasteiger partial charge in [-0.15, -0.1) is 0 Å². The Balaban J connectivity index is 2.11. The van der Waals surface area contributed by atoms with Gasteiger partial charge in [-0.25, -0.2) is 0 Å². The fraction of sp³-hybridized carbons (Fsp3) is 0.222. The van der Waals surface area contributed by atoms with Crippen LogP contribution in [0, 0.1) is 0 Å². The van der Waals surface area contributed by atoms with Crippen LogP contribution in [0.5, 0.6) is 0 Å². The molecule has 0 aliphatic heterocycles. The van der Waals surface area contributed by atoms with Gasteiger partial charge in [0.25, 0.3) is 0 Å². The van der Waals surface area contributed by atoms with Gasteiger partial charge in [0.15, 0.2) is 5.43 Å². The first-order chi connectivity index (χ1) is 11.2. The fourth-order valence-electron chi connectivity index (χ4n) is 2.75. The molecule has 2 aromatic carbocycles. The van der Waals surface area contributed by atoms with Gasteiger partial charge in [-0.2, -0.15) is 0 Å². The van der Waals surface area contributed by atoms with E-state index >= 15 is 0 Å². The summed E-state index contributed by atoms with van der Waals surface area (Å²) in [5, 5.41) is 12.8. The highest BCUT2D eigenvalue weighted by Gasteiger charge is 2.12. The molecule has 5 nitrogen and oxygen atoms in total. The average Bonchev–Trinajstić information content (AvgIpc) is 2.59. The SMILES string of the molecule is O=C(Cn1c2ccccc2c(=O)c2ccccc21)NCCCO. The highest BCUT2D eigenvalue weighted by atomic mass is 16.3. The molecular formula is C18H18N2O3. The number of nitrogens with zero attached hydrogens (tertiary/aromatic N) is 1. The van der Waals surface area contributed by atoms with Crippen molar-refractivity contribution in [2.24, 2.45) is 0 Å². The van der Waals surface area contributed by atoms with Crippen molar-refractivity contribution < 1.29 is 9.90 Å². The summed E-state index contributed by atoms with van der Waals surface area (Å²) in [5.41, 5.74) is 1.47. The monoisotopic (exact) mass is 310 g/mol. The Labute approximate surface area is 133 Å². The average molecular weight is 310 g/mol. The van der Waals surface area contributed by atoms with E-state index in [-0.39, 0.29) is 24.5 Å². The van der Waals surface area contributed by atoms with E-state index in [9.17, 15) is 9.59 Å². The van der Waals surface area contributed by atoms with E-state index in [1.165, 1.54) is 0 Å². The number of benzene rings is 2. The van der Waals surface area contributed by atoms with Crippen molar-refractivity contribution in [1.82, 2.24) is 9.88 Å². The summed E-state index contributed by atoms with van der Waals surface area (Å²) in [6.45, 7) is 0.613. The lowest BCUT2D eigenvalue weighted by molar-refractivity contribution is -0.121. The number of para-hydroxylation sites is 2. The van der Waals surface area contributed by atoms with E-state index in [1.807, 2.05) is 41.0 Å². The summed E-state index contributed by atoms with van der Waals surface area (Å²) >= 11 is 0. The third kappa shape index (κ3) is 2.96. The number of carbonyl (C=O) groups excluding carboxylic acids is 1. The maximum absolute atomic E-state index is 12.6. The summed E-state index contributed by atoms with van der Waals surface area (Å²) in [6, 6.07) is 14.6. The van der Waals surface area contributed by atoms with E-state index < -0.39 is 0 Å². The molecule has 1 amide bonds. The zero-order valence-corrected chi connectivity index (χ0v) is 12.7. The van der Waals surface area contributed by atoms with Gasteiger partial charge in [-0.3, -0.25) is 9.59 Å². The van der Waals surface area contributed by atoms with Crippen molar-refractivity contribution in [3.8, 4) is 0 Å². The second kappa shape index (κ2) is 6.62. The van der Waals surface area contributed by atoms with Crippen LogP contribution in [0.25, 0.3) is 21.8 Å². The second-order valence-electron chi connectivity index (χ2n) is 5.38. The van der Waals surface area contributed by atoms with Crippen LogP contribution in [0.15, 0.2) is 53.3 Å². The summed E-state index contributed by atoms with van der Waals surface area (Å²) in [6.07, 6.45) is 0.525. The van der Waals surface area contributed by atoms with Crippen molar-refractivity contribution in [1.29, 1.82) is 0 Å². The quantitative estimate of drug-likeness (QED) is 0.556.